The normalized spacial score (nSPS) is 10.6. The van der Waals surface area contributed by atoms with E-state index in [4.69, 9.17) is 0 Å². The third kappa shape index (κ3) is 4.45. The third-order valence-electron chi connectivity index (χ3n) is 1.69. The zero-order valence-corrected chi connectivity index (χ0v) is 8.89. The number of hydrogen-bond acceptors (Lipinski definition) is 4. The molecule has 0 radical (unpaired) electrons. The minimum absolute atomic E-state index is 0.156. The standard InChI is InChI=1S/C10H16N2O2/c1-7(6-10(13)14-5)8(2)12-9(3)11-4/h11H,1,3,6H2,2,4-5H3/b12-8-. The van der Waals surface area contributed by atoms with E-state index in [-0.39, 0.29) is 12.4 Å². The predicted molar refractivity (Wildman–Crippen MR) is 57.1 cm³/mol. The SMILES string of the molecule is C=C(/N=C(/C)C(=C)CC(=O)OC)NC. The van der Waals surface area contributed by atoms with Crippen LogP contribution in [0.5, 0.6) is 0 Å². The van der Waals surface area contributed by atoms with Crippen molar-refractivity contribution in [3.05, 3.63) is 24.6 Å². The molecule has 0 aromatic rings. The monoisotopic (exact) mass is 196 g/mol. The maximum absolute atomic E-state index is 10.9. The van der Waals surface area contributed by atoms with E-state index in [2.05, 4.69) is 28.2 Å². The second-order valence-electron chi connectivity index (χ2n) is 2.75. The van der Waals surface area contributed by atoms with Crippen molar-refractivity contribution in [2.24, 2.45) is 4.99 Å². The van der Waals surface area contributed by atoms with Crippen LogP contribution in [-0.2, 0) is 9.53 Å². The molecule has 4 nitrogen and oxygen atoms in total. The molecule has 0 atom stereocenters. The topological polar surface area (TPSA) is 50.7 Å². The highest BCUT2D eigenvalue weighted by molar-refractivity contribution is 6.01. The molecule has 14 heavy (non-hydrogen) atoms. The Hall–Kier alpha value is -1.58. The van der Waals surface area contributed by atoms with Gasteiger partial charge in [-0.05, 0) is 12.5 Å². The second kappa shape index (κ2) is 5.96. The van der Waals surface area contributed by atoms with Crippen LogP contribution in [0.3, 0.4) is 0 Å². The molecule has 0 fully saturated rings. The van der Waals surface area contributed by atoms with Gasteiger partial charge in [-0.3, -0.25) is 4.79 Å². The summed E-state index contributed by atoms with van der Waals surface area (Å²) in [5.74, 6) is 0.216. The summed E-state index contributed by atoms with van der Waals surface area (Å²) in [6, 6.07) is 0. The largest absolute Gasteiger partial charge is 0.469 e. The van der Waals surface area contributed by atoms with Gasteiger partial charge in [0.05, 0.1) is 13.5 Å². The zero-order valence-electron chi connectivity index (χ0n) is 8.89. The highest BCUT2D eigenvalue weighted by atomic mass is 16.5. The van der Waals surface area contributed by atoms with Crippen molar-refractivity contribution >= 4 is 11.7 Å². The molecule has 0 aliphatic rings. The van der Waals surface area contributed by atoms with Crippen molar-refractivity contribution in [1.82, 2.24) is 5.32 Å². The van der Waals surface area contributed by atoms with Crippen LogP contribution in [-0.4, -0.2) is 25.8 Å². The molecule has 0 heterocycles. The Kier molecular flexibility index (Phi) is 5.29. The highest BCUT2D eigenvalue weighted by Gasteiger charge is 2.06. The van der Waals surface area contributed by atoms with Crippen LogP contribution in [0.25, 0.3) is 0 Å². The van der Waals surface area contributed by atoms with Crippen LogP contribution in [0.4, 0.5) is 0 Å². The summed E-state index contributed by atoms with van der Waals surface area (Å²) in [5, 5.41) is 2.78. The van der Waals surface area contributed by atoms with Gasteiger partial charge in [-0.15, -0.1) is 0 Å². The number of nitrogens with zero attached hydrogens (tertiary/aromatic N) is 1. The van der Waals surface area contributed by atoms with E-state index in [0.717, 1.165) is 0 Å². The van der Waals surface area contributed by atoms with Crippen molar-refractivity contribution in [2.75, 3.05) is 14.2 Å². The molecule has 78 valence electrons. The van der Waals surface area contributed by atoms with Gasteiger partial charge in [-0.25, -0.2) is 4.99 Å². The number of carbonyl (C=O) groups is 1. The van der Waals surface area contributed by atoms with E-state index in [1.807, 2.05) is 0 Å². The fourth-order valence-electron chi connectivity index (χ4n) is 0.712. The van der Waals surface area contributed by atoms with Crippen molar-refractivity contribution in [1.29, 1.82) is 0 Å². The lowest BCUT2D eigenvalue weighted by Gasteiger charge is -2.05. The molecule has 0 unspecified atom stereocenters. The Morgan fingerprint density at radius 3 is 2.50 bits per heavy atom. The Morgan fingerprint density at radius 1 is 1.50 bits per heavy atom. The van der Waals surface area contributed by atoms with Crippen LogP contribution >= 0.6 is 0 Å². The summed E-state index contributed by atoms with van der Waals surface area (Å²) in [4.78, 5) is 15.0. The molecule has 0 spiro atoms. The second-order valence-corrected chi connectivity index (χ2v) is 2.75. The van der Waals surface area contributed by atoms with Crippen LogP contribution in [0.2, 0.25) is 0 Å². The molecule has 4 heteroatoms. The first-order valence-corrected chi connectivity index (χ1v) is 4.18. The first-order chi connectivity index (χ1) is 6.51. The summed E-state index contributed by atoms with van der Waals surface area (Å²) in [6.45, 7) is 9.14. The molecule has 0 bridgehead atoms. The van der Waals surface area contributed by atoms with Crippen molar-refractivity contribution in [3.8, 4) is 0 Å². The molecule has 1 N–H and O–H groups in total. The first-order valence-electron chi connectivity index (χ1n) is 4.18. The number of rotatable bonds is 5. The molecular formula is C10H16N2O2. The van der Waals surface area contributed by atoms with Crippen LogP contribution < -0.4 is 5.32 Å². The third-order valence-corrected chi connectivity index (χ3v) is 1.69. The van der Waals surface area contributed by atoms with E-state index >= 15 is 0 Å². The zero-order chi connectivity index (χ0) is 11.1. The lowest BCUT2D eigenvalue weighted by atomic mass is 10.1. The van der Waals surface area contributed by atoms with Gasteiger partial charge in [0, 0.05) is 12.8 Å². The summed E-state index contributed by atoms with van der Waals surface area (Å²) in [7, 11) is 3.07. The lowest BCUT2D eigenvalue weighted by molar-refractivity contribution is -0.139. The smallest absolute Gasteiger partial charge is 0.310 e. The highest BCUT2D eigenvalue weighted by Crippen LogP contribution is 2.04. The first kappa shape index (κ1) is 12.4. The molecular weight excluding hydrogens is 180 g/mol. The van der Waals surface area contributed by atoms with Crippen LogP contribution in [0, 0.1) is 0 Å². The molecule has 0 saturated heterocycles. The lowest BCUT2D eigenvalue weighted by Crippen LogP contribution is -2.09. The van der Waals surface area contributed by atoms with Crippen molar-refractivity contribution in [3.63, 3.8) is 0 Å². The summed E-state index contributed by atoms with van der Waals surface area (Å²) >= 11 is 0. The molecule has 0 aliphatic heterocycles. The Balaban J connectivity index is 4.32. The van der Waals surface area contributed by atoms with Crippen LogP contribution in [0.1, 0.15) is 13.3 Å². The van der Waals surface area contributed by atoms with Gasteiger partial charge >= 0.3 is 5.97 Å². The Labute approximate surface area is 84.4 Å². The van der Waals surface area contributed by atoms with Gasteiger partial charge < -0.3 is 10.1 Å². The maximum Gasteiger partial charge on any atom is 0.310 e. The summed E-state index contributed by atoms with van der Waals surface area (Å²) < 4.78 is 4.51. The summed E-state index contributed by atoms with van der Waals surface area (Å²) in [6.07, 6.45) is 0.156. The number of carbonyl (C=O) groups excluding carboxylic acids is 1. The van der Waals surface area contributed by atoms with Gasteiger partial charge in [-0.1, -0.05) is 13.2 Å². The fraction of sp³-hybridized carbons (Fsp3) is 0.400. The van der Waals surface area contributed by atoms with Crippen LogP contribution in [0.15, 0.2) is 29.5 Å². The fourth-order valence-corrected chi connectivity index (χ4v) is 0.712. The molecule has 0 aromatic carbocycles. The molecule has 0 rings (SSSR count). The molecule has 0 aliphatic carbocycles. The average molecular weight is 196 g/mol. The molecule has 0 aromatic heterocycles. The Bertz CT molecular complexity index is 280. The van der Waals surface area contributed by atoms with E-state index < -0.39 is 0 Å². The van der Waals surface area contributed by atoms with Gasteiger partial charge in [0.1, 0.15) is 5.82 Å². The number of ether oxygens (including phenoxy) is 1. The predicted octanol–water partition coefficient (Wildman–Crippen LogP) is 1.26. The number of methoxy groups -OCH3 is 1. The van der Waals surface area contributed by atoms with Gasteiger partial charge in [-0.2, -0.15) is 0 Å². The molecule has 0 amide bonds. The minimum atomic E-state index is -0.320. The van der Waals surface area contributed by atoms with Crippen molar-refractivity contribution < 1.29 is 9.53 Å². The van der Waals surface area contributed by atoms with Gasteiger partial charge in [0.2, 0.25) is 0 Å². The average Bonchev–Trinajstić information content (AvgIpc) is 2.17. The number of aliphatic imine (C=N–C) groups is 1. The van der Waals surface area contributed by atoms with E-state index in [1.165, 1.54) is 7.11 Å². The maximum atomic E-state index is 10.9. The van der Waals surface area contributed by atoms with Gasteiger partial charge in [0.25, 0.3) is 0 Å². The summed E-state index contributed by atoms with van der Waals surface area (Å²) in [5.41, 5.74) is 1.31. The quantitative estimate of drug-likeness (QED) is 0.532. The van der Waals surface area contributed by atoms with Crippen molar-refractivity contribution in [2.45, 2.75) is 13.3 Å². The van der Waals surface area contributed by atoms with Gasteiger partial charge in [0.15, 0.2) is 0 Å². The van der Waals surface area contributed by atoms with E-state index in [9.17, 15) is 4.79 Å². The number of hydrogen-bond donors (Lipinski definition) is 1. The minimum Gasteiger partial charge on any atom is -0.469 e. The molecule has 0 saturated carbocycles. The number of esters is 1. The Morgan fingerprint density at radius 2 is 2.07 bits per heavy atom. The van der Waals surface area contributed by atoms with E-state index in [1.54, 1.807) is 14.0 Å². The van der Waals surface area contributed by atoms with E-state index in [0.29, 0.717) is 17.1 Å². The number of nitrogens with one attached hydrogen (secondary N) is 1.